The maximum Gasteiger partial charge on any atom is 0.343 e. The summed E-state index contributed by atoms with van der Waals surface area (Å²) in [6.45, 7) is 4.05. The van der Waals surface area contributed by atoms with Crippen molar-refractivity contribution in [3.63, 3.8) is 0 Å². The van der Waals surface area contributed by atoms with Crippen molar-refractivity contribution in [1.82, 2.24) is 14.8 Å². The second kappa shape index (κ2) is 8.37. The van der Waals surface area contributed by atoms with Gasteiger partial charge in [0.15, 0.2) is 6.61 Å². The van der Waals surface area contributed by atoms with E-state index in [2.05, 4.69) is 59.0 Å². The molecule has 0 amide bonds. The Kier molecular flexibility index (Phi) is 5.48. The van der Waals surface area contributed by atoms with Gasteiger partial charge in [-0.2, -0.15) is 5.10 Å². The van der Waals surface area contributed by atoms with Crippen LogP contribution in [0.3, 0.4) is 0 Å². The molecule has 0 bridgehead atoms. The van der Waals surface area contributed by atoms with E-state index in [9.17, 15) is 4.79 Å². The maximum atomic E-state index is 11.5. The van der Waals surface area contributed by atoms with Crippen LogP contribution < -0.4 is 4.74 Å². The van der Waals surface area contributed by atoms with E-state index in [1.807, 2.05) is 16.9 Å². The third-order valence-electron chi connectivity index (χ3n) is 5.26. The molecule has 0 saturated heterocycles. The summed E-state index contributed by atoms with van der Waals surface area (Å²) in [4.78, 5) is 16.0. The highest BCUT2D eigenvalue weighted by atomic mass is 16.6. The van der Waals surface area contributed by atoms with Gasteiger partial charge in [0, 0.05) is 24.0 Å². The number of hydrogen-bond donors (Lipinski definition) is 0. The fraction of sp³-hybridized carbons (Fsp3) is 0.208. The molecule has 2 aromatic heterocycles. The number of ether oxygens (including phenoxy) is 2. The van der Waals surface area contributed by atoms with Crippen molar-refractivity contribution in [2.24, 2.45) is 0 Å². The second-order valence-electron chi connectivity index (χ2n) is 7.16. The van der Waals surface area contributed by atoms with Crippen LogP contribution in [0.25, 0.3) is 16.6 Å². The highest BCUT2D eigenvalue weighted by molar-refractivity contribution is 5.90. The Morgan fingerprint density at radius 2 is 1.90 bits per heavy atom. The zero-order valence-corrected chi connectivity index (χ0v) is 17.3. The third-order valence-corrected chi connectivity index (χ3v) is 5.26. The van der Waals surface area contributed by atoms with Gasteiger partial charge in [-0.1, -0.05) is 12.1 Å². The Balaban J connectivity index is 1.67. The third kappa shape index (κ3) is 3.89. The predicted octanol–water partition coefficient (Wildman–Crippen LogP) is 4.18. The highest BCUT2D eigenvalue weighted by Crippen LogP contribution is 2.32. The first-order chi connectivity index (χ1) is 14.6. The fourth-order valence-corrected chi connectivity index (χ4v) is 3.66. The lowest BCUT2D eigenvalue weighted by molar-refractivity contribution is -0.142. The lowest BCUT2D eigenvalue weighted by Crippen LogP contribution is -2.13. The van der Waals surface area contributed by atoms with Crippen LogP contribution in [-0.2, 0) is 16.0 Å². The number of aryl methyl sites for hydroxylation is 2. The van der Waals surface area contributed by atoms with Crippen LogP contribution in [0, 0.1) is 13.8 Å². The maximum absolute atomic E-state index is 11.5. The number of carbonyl (C=O) groups excluding carboxylic acids is 1. The van der Waals surface area contributed by atoms with Gasteiger partial charge in [-0.15, -0.1) is 0 Å². The molecule has 0 aliphatic carbocycles. The van der Waals surface area contributed by atoms with Gasteiger partial charge in [0.1, 0.15) is 5.75 Å². The zero-order valence-electron chi connectivity index (χ0n) is 17.3. The van der Waals surface area contributed by atoms with Crippen molar-refractivity contribution in [3.8, 4) is 11.4 Å². The Morgan fingerprint density at radius 3 is 2.60 bits per heavy atom. The Labute approximate surface area is 175 Å². The fourth-order valence-electron chi connectivity index (χ4n) is 3.66. The number of pyridine rings is 1. The van der Waals surface area contributed by atoms with Crippen LogP contribution in [0.15, 0.2) is 61.1 Å². The van der Waals surface area contributed by atoms with Crippen molar-refractivity contribution in [3.05, 3.63) is 83.3 Å². The van der Waals surface area contributed by atoms with Gasteiger partial charge in [0.25, 0.3) is 0 Å². The summed E-state index contributed by atoms with van der Waals surface area (Å²) in [6, 6.07) is 14.2. The van der Waals surface area contributed by atoms with Crippen LogP contribution >= 0.6 is 0 Å². The normalized spacial score (nSPS) is 10.9. The molecule has 4 rings (SSSR count). The first-order valence-electron chi connectivity index (χ1n) is 9.73. The number of methoxy groups -OCH3 is 1. The largest absolute Gasteiger partial charge is 0.481 e. The molecule has 0 unspecified atom stereocenters. The number of aromatic nitrogens is 3. The minimum absolute atomic E-state index is 0.132. The molecule has 0 aliphatic heterocycles. The van der Waals surface area contributed by atoms with Crippen LogP contribution in [-0.4, -0.2) is 34.5 Å². The molecule has 0 N–H and O–H groups in total. The number of nitrogens with zero attached hydrogens (tertiary/aromatic N) is 3. The molecule has 6 nitrogen and oxygen atoms in total. The van der Waals surface area contributed by atoms with Gasteiger partial charge in [-0.25, -0.2) is 9.48 Å². The van der Waals surface area contributed by atoms with E-state index in [1.54, 1.807) is 18.5 Å². The standard InChI is InChI=1S/C24H23N3O3/c1-16-13-21-24(22(9-11-25-21)30-15-23(28)29-3)17(2)20(16)14-18-5-7-19(8-6-18)27-12-4-10-26-27/h4-13H,14-15H2,1-3H3. The minimum atomic E-state index is -0.415. The summed E-state index contributed by atoms with van der Waals surface area (Å²) >= 11 is 0. The van der Waals surface area contributed by atoms with Gasteiger partial charge in [0.2, 0.25) is 0 Å². The molecule has 0 atom stereocenters. The van der Waals surface area contributed by atoms with Gasteiger partial charge >= 0.3 is 5.97 Å². The molecular weight excluding hydrogens is 378 g/mol. The average Bonchev–Trinajstić information content (AvgIpc) is 3.30. The van der Waals surface area contributed by atoms with Gasteiger partial charge in [-0.3, -0.25) is 4.98 Å². The molecule has 2 heterocycles. The highest BCUT2D eigenvalue weighted by Gasteiger charge is 2.14. The molecule has 30 heavy (non-hydrogen) atoms. The minimum Gasteiger partial charge on any atom is -0.481 e. The van der Waals surface area contributed by atoms with Crippen molar-refractivity contribution in [1.29, 1.82) is 0 Å². The molecule has 6 heteroatoms. The number of hydrogen-bond acceptors (Lipinski definition) is 5. The first-order valence-corrected chi connectivity index (χ1v) is 9.73. The van der Waals surface area contributed by atoms with Crippen molar-refractivity contribution in [2.75, 3.05) is 13.7 Å². The number of benzene rings is 2. The van der Waals surface area contributed by atoms with Gasteiger partial charge in [0.05, 0.1) is 18.3 Å². The molecule has 0 aliphatic rings. The van der Waals surface area contributed by atoms with Crippen LogP contribution in [0.5, 0.6) is 5.75 Å². The predicted molar refractivity (Wildman–Crippen MR) is 115 cm³/mol. The molecule has 4 aromatic rings. The van der Waals surface area contributed by atoms with Crippen molar-refractivity contribution in [2.45, 2.75) is 20.3 Å². The van der Waals surface area contributed by atoms with Crippen molar-refractivity contribution < 1.29 is 14.3 Å². The number of esters is 1. The van der Waals surface area contributed by atoms with Crippen LogP contribution in [0.2, 0.25) is 0 Å². The monoisotopic (exact) mass is 401 g/mol. The zero-order chi connectivity index (χ0) is 21.1. The molecule has 0 spiro atoms. The number of carbonyl (C=O) groups is 1. The SMILES string of the molecule is COC(=O)COc1ccnc2cc(C)c(Cc3ccc(-n4cccn4)cc3)c(C)c12. The molecule has 0 fully saturated rings. The van der Waals surface area contributed by atoms with Crippen molar-refractivity contribution >= 4 is 16.9 Å². The number of fused-ring (bicyclic) bond motifs is 1. The lowest BCUT2D eigenvalue weighted by atomic mass is 9.92. The summed E-state index contributed by atoms with van der Waals surface area (Å²) in [7, 11) is 1.35. The van der Waals surface area contributed by atoms with E-state index >= 15 is 0 Å². The van der Waals surface area contributed by atoms with E-state index in [0.717, 1.165) is 28.6 Å². The van der Waals surface area contributed by atoms with E-state index < -0.39 is 5.97 Å². The summed E-state index contributed by atoms with van der Waals surface area (Å²) < 4.78 is 12.3. The van der Waals surface area contributed by atoms with E-state index in [0.29, 0.717) is 5.75 Å². The smallest absolute Gasteiger partial charge is 0.343 e. The molecule has 0 saturated carbocycles. The molecular formula is C24H23N3O3. The second-order valence-corrected chi connectivity index (χ2v) is 7.16. The van der Waals surface area contributed by atoms with Gasteiger partial charge in [-0.05, 0) is 72.9 Å². The number of rotatable bonds is 6. The van der Waals surface area contributed by atoms with Crippen LogP contribution in [0.4, 0.5) is 0 Å². The lowest BCUT2D eigenvalue weighted by Gasteiger charge is -2.16. The van der Waals surface area contributed by atoms with Gasteiger partial charge < -0.3 is 9.47 Å². The Hall–Kier alpha value is -3.67. The molecule has 0 radical (unpaired) electrons. The molecule has 152 valence electrons. The molecule has 2 aromatic carbocycles. The first kappa shape index (κ1) is 19.6. The quantitative estimate of drug-likeness (QED) is 0.454. The average molecular weight is 401 g/mol. The summed E-state index contributed by atoms with van der Waals surface area (Å²) in [6.07, 6.45) is 6.18. The Morgan fingerprint density at radius 1 is 1.10 bits per heavy atom. The van der Waals surface area contributed by atoms with E-state index in [1.165, 1.54) is 23.8 Å². The Bertz CT molecular complexity index is 1180. The summed E-state index contributed by atoms with van der Waals surface area (Å²) in [5.41, 5.74) is 6.59. The summed E-state index contributed by atoms with van der Waals surface area (Å²) in [5, 5.41) is 5.20. The van der Waals surface area contributed by atoms with E-state index in [-0.39, 0.29) is 6.61 Å². The van der Waals surface area contributed by atoms with E-state index in [4.69, 9.17) is 4.74 Å². The summed E-state index contributed by atoms with van der Waals surface area (Å²) in [5.74, 6) is 0.223. The van der Waals surface area contributed by atoms with Crippen LogP contribution in [0.1, 0.15) is 22.3 Å². The topological polar surface area (TPSA) is 66.2 Å².